The highest BCUT2D eigenvalue weighted by Crippen LogP contribution is 2.17. The lowest BCUT2D eigenvalue weighted by Crippen LogP contribution is -2.36. The normalized spacial score (nSPS) is 11.9. The molecule has 136 valence electrons. The van der Waals surface area contributed by atoms with Crippen molar-refractivity contribution in [3.8, 4) is 0 Å². The van der Waals surface area contributed by atoms with E-state index in [2.05, 4.69) is 57.8 Å². The molecular formula is C20H25N5O. The molecule has 26 heavy (non-hydrogen) atoms. The third-order valence-electron chi connectivity index (χ3n) is 4.07. The number of fused-ring (bicyclic) bond motifs is 1. The molecule has 0 amide bonds. The molecule has 6 nitrogen and oxygen atoms in total. The average molecular weight is 351 g/mol. The minimum atomic E-state index is 0.355. The Balaban J connectivity index is 1.70. The van der Waals surface area contributed by atoms with Crippen molar-refractivity contribution >= 4 is 16.9 Å². The minimum Gasteiger partial charge on any atom is -0.359 e. The van der Waals surface area contributed by atoms with Gasteiger partial charge in [-0.05, 0) is 24.5 Å². The first kappa shape index (κ1) is 17.9. The lowest BCUT2D eigenvalue weighted by Gasteiger charge is -2.10. The van der Waals surface area contributed by atoms with Crippen molar-refractivity contribution in [1.82, 2.24) is 20.8 Å². The molecule has 0 unspecified atom stereocenters. The summed E-state index contributed by atoms with van der Waals surface area (Å²) in [6, 6.07) is 12.2. The van der Waals surface area contributed by atoms with Gasteiger partial charge in [0.15, 0.2) is 11.7 Å². The summed E-state index contributed by atoms with van der Waals surface area (Å²) in [5, 5.41) is 11.8. The Labute approximate surface area is 153 Å². The number of para-hydroxylation sites is 1. The number of hydrogen-bond donors (Lipinski definition) is 2. The van der Waals surface area contributed by atoms with Gasteiger partial charge in [0, 0.05) is 24.2 Å². The van der Waals surface area contributed by atoms with Crippen LogP contribution in [0.15, 0.2) is 52.1 Å². The lowest BCUT2D eigenvalue weighted by atomic mass is 10.1. The van der Waals surface area contributed by atoms with Crippen LogP contribution in [0.5, 0.6) is 0 Å². The summed E-state index contributed by atoms with van der Waals surface area (Å²) in [5.74, 6) is 1.89. The fourth-order valence-corrected chi connectivity index (χ4v) is 2.66. The molecule has 3 rings (SSSR count). The van der Waals surface area contributed by atoms with Crippen molar-refractivity contribution in [2.75, 3.05) is 6.54 Å². The van der Waals surface area contributed by atoms with Gasteiger partial charge < -0.3 is 15.2 Å². The van der Waals surface area contributed by atoms with Crippen molar-refractivity contribution in [1.29, 1.82) is 0 Å². The maximum absolute atomic E-state index is 5.37. The standard InChI is InChI=1S/C20H25N5O/c1-4-21-20(24-13-17-11-18(14(2)3)25-26-17)23-12-16-8-5-7-15-9-6-10-22-19(15)16/h5-11,14H,4,12-13H2,1-3H3,(H2,21,23,24). The van der Waals surface area contributed by atoms with Crippen molar-refractivity contribution in [3.63, 3.8) is 0 Å². The number of rotatable bonds is 6. The fourth-order valence-electron chi connectivity index (χ4n) is 2.66. The van der Waals surface area contributed by atoms with Crippen LogP contribution in [0.25, 0.3) is 10.9 Å². The van der Waals surface area contributed by atoms with E-state index in [4.69, 9.17) is 4.52 Å². The van der Waals surface area contributed by atoms with Gasteiger partial charge in [0.1, 0.15) is 0 Å². The Morgan fingerprint density at radius 2 is 2.04 bits per heavy atom. The predicted octanol–water partition coefficient (Wildman–Crippen LogP) is 3.60. The molecule has 0 aliphatic rings. The van der Waals surface area contributed by atoms with Gasteiger partial charge in [0.2, 0.25) is 0 Å². The van der Waals surface area contributed by atoms with E-state index in [1.54, 1.807) is 0 Å². The van der Waals surface area contributed by atoms with Crippen LogP contribution in [-0.4, -0.2) is 22.6 Å². The Morgan fingerprint density at radius 1 is 1.19 bits per heavy atom. The summed E-state index contributed by atoms with van der Waals surface area (Å²) in [7, 11) is 0. The van der Waals surface area contributed by atoms with Crippen LogP contribution < -0.4 is 10.6 Å². The van der Waals surface area contributed by atoms with Crippen molar-refractivity contribution in [3.05, 3.63) is 59.6 Å². The van der Waals surface area contributed by atoms with Crippen LogP contribution in [0.3, 0.4) is 0 Å². The van der Waals surface area contributed by atoms with Gasteiger partial charge in [0.05, 0.1) is 24.3 Å². The van der Waals surface area contributed by atoms with Gasteiger partial charge in [-0.2, -0.15) is 0 Å². The van der Waals surface area contributed by atoms with Crippen LogP contribution in [0.4, 0.5) is 0 Å². The summed E-state index contributed by atoms with van der Waals surface area (Å²) in [5.41, 5.74) is 3.05. The molecule has 0 aliphatic heterocycles. The average Bonchev–Trinajstić information content (AvgIpc) is 3.13. The molecule has 0 saturated heterocycles. The lowest BCUT2D eigenvalue weighted by molar-refractivity contribution is 0.372. The summed E-state index contributed by atoms with van der Waals surface area (Å²) in [6.07, 6.45) is 1.81. The van der Waals surface area contributed by atoms with E-state index >= 15 is 0 Å². The third kappa shape index (κ3) is 4.39. The van der Waals surface area contributed by atoms with Crippen molar-refractivity contribution in [2.45, 2.75) is 39.8 Å². The topological polar surface area (TPSA) is 75.3 Å². The number of hydrogen-bond acceptors (Lipinski definition) is 4. The molecule has 0 bridgehead atoms. The van der Waals surface area contributed by atoms with E-state index in [0.717, 1.165) is 40.4 Å². The van der Waals surface area contributed by atoms with Crippen molar-refractivity contribution < 1.29 is 4.52 Å². The van der Waals surface area contributed by atoms with E-state index in [-0.39, 0.29) is 0 Å². The molecule has 0 spiro atoms. The zero-order chi connectivity index (χ0) is 18.4. The van der Waals surface area contributed by atoms with Crippen LogP contribution in [0, 0.1) is 0 Å². The number of nitrogens with zero attached hydrogens (tertiary/aromatic N) is 3. The van der Waals surface area contributed by atoms with Gasteiger partial charge in [-0.3, -0.25) is 4.98 Å². The van der Waals surface area contributed by atoms with Crippen LogP contribution in [-0.2, 0) is 13.1 Å². The molecular weight excluding hydrogens is 326 g/mol. The first-order chi connectivity index (χ1) is 12.7. The minimum absolute atomic E-state index is 0.355. The van der Waals surface area contributed by atoms with E-state index in [1.165, 1.54) is 0 Å². The second-order valence-corrected chi connectivity index (χ2v) is 6.41. The van der Waals surface area contributed by atoms with Crippen LogP contribution >= 0.6 is 0 Å². The number of pyridine rings is 1. The highest BCUT2D eigenvalue weighted by atomic mass is 16.5. The second kappa shape index (κ2) is 8.47. The van der Waals surface area contributed by atoms with Crippen LogP contribution in [0.2, 0.25) is 0 Å². The number of guanidine groups is 1. The van der Waals surface area contributed by atoms with Crippen molar-refractivity contribution in [2.24, 2.45) is 4.99 Å². The Bertz CT molecular complexity index is 879. The van der Waals surface area contributed by atoms with Gasteiger partial charge >= 0.3 is 0 Å². The smallest absolute Gasteiger partial charge is 0.191 e. The number of aromatic nitrogens is 2. The molecule has 1 aromatic carbocycles. The molecule has 2 N–H and O–H groups in total. The molecule has 0 aliphatic carbocycles. The van der Waals surface area contributed by atoms with E-state index in [0.29, 0.717) is 19.0 Å². The monoisotopic (exact) mass is 351 g/mol. The summed E-state index contributed by atoms with van der Waals surface area (Å²) < 4.78 is 5.37. The second-order valence-electron chi connectivity index (χ2n) is 6.41. The van der Waals surface area contributed by atoms with Gasteiger partial charge in [0.25, 0.3) is 0 Å². The largest absolute Gasteiger partial charge is 0.359 e. The highest BCUT2D eigenvalue weighted by molar-refractivity contribution is 5.83. The summed E-state index contributed by atoms with van der Waals surface area (Å²) in [6.45, 7) is 8.11. The maximum atomic E-state index is 5.37. The Kier molecular flexibility index (Phi) is 5.84. The summed E-state index contributed by atoms with van der Waals surface area (Å²) in [4.78, 5) is 9.17. The van der Waals surface area contributed by atoms with Crippen LogP contribution in [0.1, 0.15) is 43.7 Å². The molecule has 2 heterocycles. The van der Waals surface area contributed by atoms with E-state index in [1.807, 2.05) is 31.3 Å². The first-order valence-electron chi connectivity index (χ1n) is 8.97. The first-order valence-corrected chi connectivity index (χ1v) is 8.97. The zero-order valence-electron chi connectivity index (χ0n) is 15.5. The molecule has 0 fully saturated rings. The third-order valence-corrected chi connectivity index (χ3v) is 4.07. The Morgan fingerprint density at radius 3 is 2.81 bits per heavy atom. The van der Waals surface area contributed by atoms with Gasteiger partial charge in [-0.15, -0.1) is 0 Å². The zero-order valence-corrected chi connectivity index (χ0v) is 15.5. The maximum Gasteiger partial charge on any atom is 0.191 e. The predicted molar refractivity (Wildman–Crippen MR) is 104 cm³/mol. The quantitative estimate of drug-likeness (QED) is 0.524. The fraction of sp³-hybridized carbons (Fsp3) is 0.350. The number of benzene rings is 1. The SMILES string of the molecule is CCNC(=NCc1cccc2cccnc12)NCc1cc(C(C)C)no1. The Hall–Kier alpha value is -2.89. The summed E-state index contributed by atoms with van der Waals surface area (Å²) >= 11 is 0. The highest BCUT2D eigenvalue weighted by Gasteiger charge is 2.08. The molecule has 0 saturated carbocycles. The molecule has 6 heteroatoms. The molecule has 2 aromatic heterocycles. The molecule has 0 radical (unpaired) electrons. The van der Waals surface area contributed by atoms with Gasteiger partial charge in [-0.1, -0.05) is 43.3 Å². The van der Waals surface area contributed by atoms with E-state index < -0.39 is 0 Å². The van der Waals surface area contributed by atoms with E-state index in [9.17, 15) is 0 Å². The number of aliphatic imine (C=N–C) groups is 1. The molecule has 3 aromatic rings. The van der Waals surface area contributed by atoms with Gasteiger partial charge in [-0.25, -0.2) is 4.99 Å². The molecule has 0 atom stereocenters. The number of nitrogens with one attached hydrogen (secondary N) is 2.